The molecule has 0 saturated carbocycles. The van der Waals surface area contributed by atoms with E-state index in [-0.39, 0.29) is 12.2 Å². The Labute approximate surface area is 164 Å². The highest BCUT2D eigenvalue weighted by Gasteiger charge is 2.30. The molecule has 0 N–H and O–H groups in total. The maximum atomic E-state index is 5.82. The van der Waals surface area contributed by atoms with Crippen molar-refractivity contribution in [1.29, 1.82) is 0 Å². The number of aromatic nitrogens is 2. The topological polar surface area (TPSA) is 69.2 Å². The van der Waals surface area contributed by atoms with Gasteiger partial charge in [0.2, 0.25) is 5.95 Å². The number of thioether (sulfide) groups is 1. The second-order valence-electron chi connectivity index (χ2n) is 7.01. The highest BCUT2D eigenvalue weighted by atomic mass is 32.2. The van der Waals surface area contributed by atoms with Crippen LogP contribution >= 0.6 is 11.8 Å². The minimum Gasteiger partial charge on any atom is -0.382 e. The van der Waals surface area contributed by atoms with Gasteiger partial charge in [0, 0.05) is 52.6 Å². The van der Waals surface area contributed by atoms with Crippen LogP contribution in [0.3, 0.4) is 0 Å². The number of methoxy groups -OCH3 is 2. The summed E-state index contributed by atoms with van der Waals surface area (Å²) in [6.07, 6.45) is 1.15. The van der Waals surface area contributed by atoms with Crippen molar-refractivity contribution in [2.45, 2.75) is 23.5 Å². The van der Waals surface area contributed by atoms with Crippen molar-refractivity contribution < 1.29 is 18.9 Å². The smallest absolute Gasteiger partial charge is 0.227 e. The van der Waals surface area contributed by atoms with Gasteiger partial charge in [-0.2, -0.15) is 4.98 Å². The molecular weight excluding hydrogens is 368 g/mol. The zero-order valence-corrected chi connectivity index (χ0v) is 16.9. The van der Waals surface area contributed by atoms with Gasteiger partial charge in [0.1, 0.15) is 5.82 Å². The second-order valence-corrected chi connectivity index (χ2v) is 8.11. The molecule has 0 bridgehead atoms. The number of anilines is 2. The fourth-order valence-corrected chi connectivity index (χ4v) is 4.90. The van der Waals surface area contributed by atoms with Crippen LogP contribution in [0.15, 0.2) is 4.90 Å². The molecule has 4 heterocycles. The van der Waals surface area contributed by atoms with E-state index < -0.39 is 0 Å². The summed E-state index contributed by atoms with van der Waals surface area (Å²) < 4.78 is 22.2. The van der Waals surface area contributed by atoms with E-state index in [1.54, 1.807) is 14.2 Å². The molecule has 2 fully saturated rings. The molecule has 2 atom stereocenters. The van der Waals surface area contributed by atoms with Gasteiger partial charge in [0.05, 0.1) is 49.2 Å². The van der Waals surface area contributed by atoms with Gasteiger partial charge < -0.3 is 28.7 Å². The van der Waals surface area contributed by atoms with Crippen LogP contribution in [0.2, 0.25) is 0 Å². The summed E-state index contributed by atoms with van der Waals surface area (Å²) in [6, 6.07) is 0. The number of aryl methyl sites for hydroxylation is 1. The fraction of sp³-hybridized carbons (Fsp3) is 0.778. The monoisotopic (exact) mass is 396 g/mol. The lowest BCUT2D eigenvalue weighted by Gasteiger charge is -2.36. The first-order valence-corrected chi connectivity index (χ1v) is 10.5. The number of ether oxygens (including phenoxy) is 4. The number of nitrogens with zero attached hydrogens (tertiary/aromatic N) is 4. The quantitative estimate of drug-likeness (QED) is 0.695. The van der Waals surface area contributed by atoms with Crippen LogP contribution in [0.5, 0.6) is 0 Å². The summed E-state index contributed by atoms with van der Waals surface area (Å²) in [7, 11) is 3.42. The van der Waals surface area contributed by atoms with Gasteiger partial charge in [-0.15, -0.1) is 11.8 Å². The molecule has 1 aromatic heterocycles. The van der Waals surface area contributed by atoms with E-state index in [1.165, 1.54) is 10.6 Å². The van der Waals surface area contributed by atoms with Crippen molar-refractivity contribution in [3.8, 4) is 0 Å². The predicted molar refractivity (Wildman–Crippen MR) is 104 cm³/mol. The molecule has 9 heteroatoms. The molecule has 0 radical (unpaired) electrons. The Morgan fingerprint density at radius 1 is 1.00 bits per heavy atom. The lowest BCUT2D eigenvalue weighted by Crippen LogP contribution is -2.46. The number of hydrogen-bond donors (Lipinski definition) is 0. The first kappa shape index (κ1) is 19.2. The van der Waals surface area contributed by atoms with Gasteiger partial charge in [0.25, 0.3) is 0 Å². The van der Waals surface area contributed by atoms with Gasteiger partial charge in [-0.25, -0.2) is 4.98 Å². The maximum absolute atomic E-state index is 5.82. The van der Waals surface area contributed by atoms with E-state index >= 15 is 0 Å². The largest absolute Gasteiger partial charge is 0.382 e. The van der Waals surface area contributed by atoms with E-state index in [0.717, 1.165) is 50.1 Å². The van der Waals surface area contributed by atoms with Crippen LogP contribution in [0.25, 0.3) is 0 Å². The zero-order valence-electron chi connectivity index (χ0n) is 16.1. The molecule has 3 aliphatic rings. The Hall–Kier alpha value is -1.13. The summed E-state index contributed by atoms with van der Waals surface area (Å²) in [5.41, 5.74) is 1.17. The highest BCUT2D eigenvalue weighted by molar-refractivity contribution is 7.99. The Balaban J connectivity index is 1.58. The summed E-state index contributed by atoms with van der Waals surface area (Å²) in [6.45, 7) is 5.77. The van der Waals surface area contributed by atoms with Gasteiger partial charge >= 0.3 is 0 Å². The van der Waals surface area contributed by atoms with Gasteiger partial charge in [-0.05, 0) is 0 Å². The molecule has 0 amide bonds. The first-order valence-electron chi connectivity index (χ1n) is 9.53. The summed E-state index contributed by atoms with van der Waals surface area (Å²) in [5, 5.41) is 0. The summed E-state index contributed by atoms with van der Waals surface area (Å²) >= 11 is 1.86. The molecular formula is C18H28N4O4S. The Morgan fingerprint density at radius 3 is 2.37 bits per heavy atom. The van der Waals surface area contributed by atoms with E-state index in [4.69, 9.17) is 28.9 Å². The van der Waals surface area contributed by atoms with Crippen LogP contribution in [-0.4, -0.2) is 94.8 Å². The third kappa shape index (κ3) is 4.32. The van der Waals surface area contributed by atoms with Gasteiger partial charge in [-0.3, -0.25) is 0 Å². The van der Waals surface area contributed by atoms with Crippen molar-refractivity contribution in [3.63, 3.8) is 0 Å². The van der Waals surface area contributed by atoms with Gasteiger partial charge in [0.15, 0.2) is 0 Å². The van der Waals surface area contributed by atoms with E-state index in [0.29, 0.717) is 26.4 Å². The van der Waals surface area contributed by atoms with Gasteiger partial charge in [-0.1, -0.05) is 0 Å². The molecule has 27 heavy (non-hydrogen) atoms. The molecule has 2 saturated heterocycles. The SMILES string of the molecule is COC[C@@H]1CN(c2nc(N3CCO[C@@H](COC)C3)nc3c2SCC3)CCO1. The number of morpholine rings is 2. The van der Waals surface area contributed by atoms with Crippen LogP contribution < -0.4 is 9.80 Å². The molecule has 150 valence electrons. The lowest BCUT2D eigenvalue weighted by atomic mass is 10.2. The molecule has 0 spiro atoms. The number of rotatable bonds is 6. The first-order chi connectivity index (χ1) is 13.3. The summed E-state index contributed by atoms with van der Waals surface area (Å²) in [4.78, 5) is 15.7. The van der Waals surface area contributed by atoms with Crippen LogP contribution in [0.4, 0.5) is 11.8 Å². The van der Waals surface area contributed by atoms with Crippen molar-refractivity contribution >= 4 is 23.5 Å². The highest BCUT2D eigenvalue weighted by Crippen LogP contribution is 2.39. The van der Waals surface area contributed by atoms with E-state index in [9.17, 15) is 0 Å². The third-order valence-corrected chi connectivity index (χ3v) is 6.17. The average molecular weight is 397 g/mol. The second kappa shape index (κ2) is 8.91. The molecule has 1 aromatic rings. The van der Waals surface area contributed by atoms with Crippen LogP contribution in [-0.2, 0) is 25.4 Å². The molecule has 3 aliphatic heterocycles. The number of fused-ring (bicyclic) bond motifs is 1. The van der Waals surface area contributed by atoms with Crippen molar-refractivity contribution in [2.24, 2.45) is 0 Å². The molecule has 4 rings (SSSR count). The van der Waals surface area contributed by atoms with E-state index in [2.05, 4.69) is 9.80 Å². The zero-order chi connectivity index (χ0) is 18.6. The number of hydrogen-bond acceptors (Lipinski definition) is 9. The Bertz CT molecular complexity index is 646. The fourth-order valence-electron chi connectivity index (χ4n) is 3.78. The molecule has 0 aliphatic carbocycles. The van der Waals surface area contributed by atoms with Crippen LogP contribution in [0.1, 0.15) is 5.69 Å². The Kier molecular flexibility index (Phi) is 6.34. The summed E-state index contributed by atoms with van der Waals surface area (Å²) in [5.74, 6) is 2.93. The minimum atomic E-state index is 0.0629. The average Bonchev–Trinajstić information content (AvgIpc) is 3.17. The third-order valence-electron chi connectivity index (χ3n) is 5.06. The maximum Gasteiger partial charge on any atom is 0.227 e. The van der Waals surface area contributed by atoms with E-state index in [1.807, 2.05) is 11.8 Å². The Morgan fingerprint density at radius 2 is 1.67 bits per heavy atom. The molecule has 0 unspecified atom stereocenters. The lowest BCUT2D eigenvalue weighted by molar-refractivity contribution is -0.0109. The predicted octanol–water partition coefficient (Wildman–Crippen LogP) is 0.828. The van der Waals surface area contributed by atoms with Crippen molar-refractivity contribution in [1.82, 2.24) is 9.97 Å². The normalized spacial score (nSPS) is 25.7. The molecule has 8 nitrogen and oxygen atoms in total. The van der Waals surface area contributed by atoms with Crippen LogP contribution in [0, 0.1) is 0 Å². The van der Waals surface area contributed by atoms with Crippen molar-refractivity contribution in [2.75, 3.05) is 82.4 Å². The minimum absolute atomic E-state index is 0.0629. The standard InChI is InChI=1S/C18H28N4O4S/c1-23-11-13-9-21(4-6-25-13)17-16-15(3-8-27-16)19-18(20-17)22-5-7-26-14(10-22)12-24-2/h13-14H,3-12H2,1-2H3/t13-,14+/m0/s1. The van der Waals surface area contributed by atoms with Crippen molar-refractivity contribution in [3.05, 3.63) is 5.69 Å². The molecule has 0 aromatic carbocycles.